The van der Waals surface area contributed by atoms with E-state index in [1.54, 1.807) is 13.0 Å². The lowest BCUT2D eigenvalue weighted by atomic mass is 9.96. The molecule has 0 fully saturated rings. The third kappa shape index (κ3) is 4.94. The molecule has 0 aliphatic heterocycles. The van der Waals surface area contributed by atoms with Crippen LogP contribution < -0.4 is 0 Å². The number of hydrogen-bond donors (Lipinski definition) is 0. The van der Waals surface area contributed by atoms with Gasteiger partial charge >= 0.3 is 0 Å². The van der Waals surface area contributed by atoms with Crippen LogP contribution in [-0.4, -0.2) is 25.8 Å². The van der Waals surface area contributed by atoms with E-state index in [2.05, 4.69) is 0 Å². The molecule has 0 radical (unpaired) electrons. The van der Waals surface area contributed by atoms with E-state index in [0.717, 1.165) is 5.56 Å². The van der Waals surface area contributed by atoms with Crippen LogP contribution >= 0.6 is 11.6 Å². The average molecular weight is 293 g/mol. The molecule has 0 bridgehead atoms. The van der Waals surface area contributed by atoms with E-state index in [4.69, 9.17) is 11.6 Å². The minimum atomic E-state index is -2.93. The minimum Gasteiger partial charge on any atom is -0.229 e. The van der Waals surface area contributed by atoms with E-state index in [9.17, 15) is 12.8 Å². The van der Waals surface area contributed by atoms with Gasteiger partial charge in [0.1, 0.15) is 15.7 Å². The van der Waals surface area contributed by atoms with Crippen molar-refractivity contribution < 1.29 is 12.8 Å². The molecule has 0 saturated heterocycles. The van der Waals surface area contributed by atoms with Crippen LogP contribution in [0.15, 0.2) is 24.3 Å². The van der Waals surface area contributed by atoms with Gasteiger partial charge in [0.05, 0.1) is 5.75 Å². The van der Waals surface area contributed by atoms with Crippen LogP contribution in [0.25, 0.3) is 0 Å². The van der Waals surface area contributed by atoms with Crippen LogP contribution in [0.5, 0.6) is 0 Å². The Morgan fingerprint density at radius 2 is 2.11 bits per heavy atom. The predicted molar refractivity (Wildman–Crippen MR) is 73.4 cm³/mol. The first-order valence-corrected chi connectivity index (χ1v) is 8.36. The first kappa shape index (κ1) is 15.4. The quantitative estimate of drug-likeness (QED) is 0.722. The molecule has 2 nitrogen and oxygen atoms in total. The highest BCUT2D eigenvalue weighted by Crippen LogP contribution is 2.23. The molecular formula is C13H18ClFO2S. The van der Waals surface area contributed by atoms with Crippen molar-refractivity contribution in [3.63, 3.8) is 0 Å². The fourth-order valence-electron chi connectivity index (χ4n) is 1.79. The van der Waals surface area contributed by atoms with E-state index in [-0.39, 0.29) is 23.2 Å². The van der Waals surface area contributed by atoms with Gasteiger partial charge in [-0.05, 0) is 36.5 Å². The topological polar surface area (TPSA) is 34.1 Å². The van der Waals surface area contributed by atoms with Gasteiger partial charge in [0.2, 0.25) is 0 Å². The summed E-state index contributed by atoms with van der Waals surface area (Å²) in [5, 5.41) is 0. The smallest absolute Gasteiger partial charge is 0.150 e. The molecule has 1 unspecified atom stereocenters. The fraction of sp³-hybridized carbons (Fsp3) is 0.538. The first-order valence-electron chi connectivity index (χ1n) is 6.00. The second kappa shape index (κ2) is 7.10. The Morgan fingerprint density at radius 1 is 1.39 bits per heavy atom. The van der Waals surface area contributed by atoms with Gasteiger partial charge in [-0.3, -0.25) is 0 Å². The summed E-state index contributed by atoms with van der Waals surface area (Å²) in [5.41, 5.74) is 0.832. The third-order valence-electron chi connectivity index (χ3n) is 2.95. The Labute approximate surface area is 113 Å². The Bertz CT molecular complexity index is 474. The van der Waals surface area contributed by atoms with E-state index >= 15 is 0 Å². The lowest BCUT2D eigenvalue weighted by Crippen LogP contribution is -2.10. The largest absolute Gasteiger partial charge is 0.229 e. The van der Waals surface area contributed by atoms with Gasteiger partial charge in [0, 0.05) is 11.6 Å². The SMILES string of the molecule is CCS(=O)(=O)CCCC(CCl)c1cccc(F)c1. The highest BCUT2D eigenvalue weighted by molar-refractivity contribution is 7.91. The molecule has 0 heterocycles. The monoisotopic (exact) mass is 292 g/mol. The molecule has 1 aromatic rings. The zero-order valence-corrected chi connectivity index (χ0v) is 12.0. The Kier molecular flexibility index (Phi) is 6.09. The summed E-state index contributed by atoms with van der Waals surface area (Å²) in [7, 11) is -2.93. The van der Waals surface area contributed by atoms with Gasteiger partial charge in [-0.2, -0.15) is 0 Å². The van der Waals surface area contributed by atoms with Gasteiger partial charge in [0.25, 0.3) is 0 Å². The minimum absolute atomic E-state index is 0.00872. The molecule has 1 rings (SSSR count). The van der Waals surface area contributed by atoms with Crippen LogP contribution in [0.1, 0.15) is 31.2 Å². The highest BCUT2D eigenvalue weighted by atomic mass is 35.5. The van der Waals surface area contributed by atoms with Crippen LogP contribution in [-0.2, 0) is 9.84 Å². The molecule has 0 N–H and O–H groups in total. The van der Waals surface area contributed by atoms with E-state index in [0.29, 0.717) is 18.7 Å². The maximum atomic E-state index is 13.1. The molecule has 5 heteroatoms. The summed E-state index contributed by atoms with van der Waals surface area (Å²) in [6.45, 7) is 1.64. The standard InChI is InChI=1S/C13H18ClFO2S/c1-2-18(16,17)8-4-6-12(10-14)11-5-3-7-13(15)9-11/h3,5,7,9,12H,2,4,6,8,10H2,1H3. The molecule has 102 valence electrons. The third-order valence-corrected chi connectivity index (χ3v) is 5.12. The second-order valence-corrected chi connectivity index (χ2v) is 7.07. The zero-order chi connectivity index (χ0) is 13.6. The Morgan fingerprint density at radius 3 is 2.67 bits per heavy atom. The van der Waals surface area contributed by atoms with Gasteiger partial charge in [0.15, 0.2) is 0 Å². The number of rotatable bonds is 7. The van der Waals surface area contributed by atoms with Gasteiger partial charge in [-0.1, -0.05) is 19.1 Å². The lowest BCUT2D eigenvalue weighted by molar-refractivity contribution is 0.585. The van der Waals surface area contributed by atoms with Gasteiger partial charge in [-0.15, -0.1) is 11.6 Å². The van der Waals surface area contributed by atoms with Gasteiger partial charge < -0.3 is 0 Å². The van der Waals surface area contributed by atoms with E-state index in [1.165, 1.54) is 12.1 Å². The molecule has 0 amide bonds. The lowest BCUT2D eigenvalue weighted by Gasteiger charge is -2.14. The van der Waals surface area contributed by atoms with Crippen LogP contribution in [0.2, 0.25) is 0 Å². The molecule has 0 saturated carbocycles. The summed E-state index contributed by atoms with van der Waals surface area (Å²) in [5.74, 6) is 0.429. The Hall–Kier alpha value is -0.610. The molecule has 0 spiro atoms. The summed E-state index contributed by atoms with van der Waals surface area (Å²) < 4.78 is 35.8. The van der Waals surface area contributed by atoms with E-state index < -0.39 is 9.84 Å². The number of alkyl halides is 1. The van der Waals surface area contributed by atoms with Crippen LogP contribution in [0.3, 0.4) is 0 Å². The molecule has 18 heavy (non-hydrogen) atoms. The maximum absolute atomic E-state index is 13.1. The van der Waals surface area contributed by atoms with Crippen LogP contribution in [0, 0.1) is 5.82 Å². The van der Waals surface area contributed by atoms with Crippen molar-refractivity contribution in [2.75, 3.05) is 17.4 Å². The molecular weight excluding hydrogens is 275 g/mol. The molecule has 1 aromatic carbocycles. The van der Waals surface area contributed by atoms with Gasteiger partial charge in [-0.25, -0.2) is 12.8 Å². The summed E-state index contributed by atoms with van der Waals surface area (Å²) in [6.07, 6.45) is 1.22. The second-order valence-electron chi connectivity index (χ2n) is 4.28. The van der Waals surface area contributed by atoms with E-state index in [1.807, 2.05) is 6.07 Å². The summed E-state index contributed by atoms with van der Waals surface area (Å²) in [6, 6.07) is 6.31. The first-order chi connectivity index (χ1) is 8.48. The number of sulfone groups is 1. The van der Waals surface area contributed by atoms with Crippen molar-refractivity contribution in [3.8, 4) is 0 Å². The molecule has 0 aromatic heterocycles. The zero-order valence-electron chi connectivity index (χ0n) is 10.4. The number of benzene rings is 1. The maximum Gasteiger partial charge on any atom is 0.150 e. The average Bonchev–Trinajstić information content (AvgIpc) is 2.34. The van der Waals surface area contributed by atoms with Crippen molar-refractivity contribution in [3.05, 3.63) is 35.6 Å². The summed E-state index contributed by atoms with van der Waals surface area (Å²) >= 11 is 5.87. The summed E-state index contributed by atoms with van der Waals surface area (Å²) in [4.78, 5) is 0. The van der Waals surface area contributed by atoms with Crippen molar-refractivity contribution in [2.24, 2.45) is 0 Å². The van der Waals surface area contributed by atoms with Crippen molar-refractivity contribution in [1.29, 1.82) is 0 Å². The van der Waals surface area contributed by atoms with Crippen LogP contribution in [0.4, 0.5) is 4.39 Å². The normalized spacial score (nSPS) is 13.5. The number of halogens is 2. The Balaban J connectivity index is 2.58. The molecule has 0 aliphatic carbocycles. The fourth-order valence-corrected chi connectivity index (χ4v) is 3.02. The number of hydrogen-bond acceptors (Lipinski definition) is 2. The molecule has 0 aliphatic rings. The van der Waals surface area contributed by atoms with Crippen molar-refractivity contribution >= 4 is 21.4 Å². The predicted octanol–water partition coefficient (Wildman–Crippen LogP) is 3.36. The molecule has 1 atom stereocenters. The highest BCUT2D eigenvalue weighted by Gasteiger charge is 2.13. The van der Waals surface area contributed by atoms with Crippen molar-refractivity contribution in [2.45, 2.75) is 25.7 Å². The van der Waals surface area contributed by atoms with Crippen molar-refractivity contribution in [1.82, 2.24) is 0 Å².